The van der Waals surface area contributed by atoms with Crippen LogP contribution < -0.4 is 0 Å². The first-order valence-corrected chi connectivity index (χ1v) is 13.1. The van der Waals surface area contributed by atoms with Crippen LogP contribution >= 0.6 is 0 Å². The van der Waals surface area contributed by atoms with Gasteiger partial charge >= 0.3 is 6.18 Å². The zero-order valence-electron chi connectivity index (χ0n) is 21.7. The zero-order valence-corrected chi connectivity index (χ0v) is 21.7. The summed E-state index contributed by atoms with van der Waals surface area (Å²) in [7, 11) is 0. The van der Waals surface area contributed by atoms with Crippen molar-refractivity contribution < 1.29 is 22.7 Å². The molecule has 3 aromatic rings. The molecule has 0 unspecified atom stereocenters. The smallest absolute Gasteiger partial charge is 0.379 e. The van der Waals surface area contributed by atoms with Crippen molar-refractivity contribution >= 4 is 5.78 Å². The van der Waals surface area contributed by atoms with Crippen LogP contribution in [0.15, 0.2) is 48.8 Å². The summed E-state index contributed by atoms with van der Waals surface area (Å²) < 4.78 is 46.2. The predicted octanol–water partition coefficient (Wildman–Crippen LogP) is 5.06. The van der Waals surface area contributed by atoms with Gasteiger partial charge in [0.15, 0.2) is 5.78 Å². The third kappa shape index (κ3) is 5.60. The average molecular weight is 538 g/mol. The molecular formula is C29H30F3N5O2. The molecule has 1 aliphatic heterocycles. The number of hydrogen-bond donors (Lipinski definition) is 0. The van der Waals surface area contributed by atoms with Gasteiger partial charge in [-0.25, -0.2) is 4.68 Å². The summed E-state index contributed by atoms with van der Waals surface area (Å²) in [4.78, 5) is 20.1. The predicted molar refractivity (Wildman–Crippen MR) is 138 cm³/mol. The van der Waals surface area contributed by atoms with Gasteiger partial charge in [0.2, 0.25) is 0 Å². The second kappa shape index (κ2) is 10.9. The fourth-order valence-corrected chi connectivity index (χ4v) is 5.68. The first kappa shape index (κ1) is 27.0. The molecule has 0 radical (unpaired) electrons. The molecule has 0 bridgehead atoms. The molecule has 2 fully saturated rings. The fourth-order valence-electron chi connectivity index (χ4n) is 5.68. The molecule has 0 amide bonds. The summed E-state index contributed by atoms with van der Waals surface area (Å²) in [6, 6.07) is 11.5. The summed E-state index contributed by atoms with van der Waals surface area (Å²) in [6.07, 6.45) is 1.98. The molecule has 1 saturated heterocycles. The van der Waals surface area contributed by atoms with Crippen molar-refractivity contribution in [3.8, 4) is 11.8 Å². The molecule has 10 heteroatoms. The molecule has 1 aromatic carbocycles. The third-order valence-electron chi connectivity index (χ3n) is 7.99. The number of alkyl halides is 3. The Hall–Kier alpha value is -3.55. The Morgan fingerprint density at radius 3 is 2.54 bits per heavy atom. The van der Waals surface area contributed by atoms with Crippen LogP contribution in [0.1, 0.15) is 58.6 Å². The highest BCUT2D eigenvalue weighted by atomic mass is 19.4. The first-order chi connectivity index (χ1) is 18.7. The van der Waals surface area contributed by atoms with Gasteiger partial charge in [0, 0.05) is 31.7 Å². The average Bonchev–Trinajstić information content (AvgIpc) is 3.35. The van der Waals surface area contributed by atoms with Gasteiger partial charge in [-0.05, 0) is 62.4 Å². The Balaban J connectivity index is 1.26. The van der Waals surface area contributed by atoms with Crippen molar-refractivity contribution in [1.29, 1.82) is 5.26 Å². The highest BCUT2D eigenvalue weighted by Crippen LogP contribution is 2.40. The molecule has 1 saturated carbocycles. The van der Waals surface area contributed by atoms with Crippen LogP contribution in [0.5, 0.6) is 0 Å². The summed E-state index contributed by atoms with van der Waals surface area (Å²) in [5.41, 5.74) is 1.06. The minimum atomic E-state index is -4.47. The van der Waals surface area contributed by atoms with Crippen molar-refractivity contribution in [3.63, 3.8) is 0 Å². The lowest BCUT2D eigenvalue weighted by Crippen LogP contribution is -2.47. The van der Waals surface area contributed by atoms with Crippen LogP contribution in [0, 0.1) is 18.3 Å². The number of halogens is 3. The zero-order chi connectivity index (χ0) is 27.6. The van der Waals surface area contributed by atoms with Crippen LogP contribution in [-0.4, -0.2) is 57.8 Å². The number of morpholine rings is 1. The molecule has 1 aliphatic carbocycles. The topological polar surface area (TPSA) is 84.0 Å². The molecule has 2 aromatic heterocycles. The van der Waals surface area contributed by atoms with Gasteiger partial charge in [-0.3, -0.25) is 14.7 Å². The lowest BCUT2D eigenvalue weighted by molar-refractivity contribution is -0.137. The normalized spacial score (nSPS) is 22.4. The number of carbonyl (C=O) groups is 1. The number of benzene rings is 1. The number of ketones is 1. The highest BCUT2D eigenvalue weighted by molar-refractivity contribution is 5.98. The summed E-state index contributed by atoms with van der Waals surface area (Å²) >= 11 is 0. The van der Waals surface area contributed by atoms with Crippen molar-refractivity contribution in [3.05, 3.63) is 76.9 Å². The molecule has 2 aliphatic rings. The van der Waals surface area contributed by atoms with E-state index < -0.39 is 17.2 Å². The Labute approximate surface area is 225 Å². The molecule has 39 heavy (non-hydrogen) atoms. The van der Waals surface area contributed by atoms with Crippen LogP contribution in [0.3, 0.4) is 0 Å². The van der Waals surface area contributed by atoms with Gasteiger partial charge in [-0.2, -0.15) is 23.5 Å². The monoisotopic (exact) mass is 537 g/mol. The Morgan fingerprint density at radius 1 is 1.15 bits per heavy atom. The summed E-state index contributed by atoms with van der Waals surface area (Å²) in [5.74, 6) is -0.207. The van der Waals surface area contributed by atoms with Crippen LogP contribution in [0.2, 0.25) is 0 Å². The number of nitrogens with zero attached hydrogens (tertiary/aromatic N) is 5. The van der Waals surface area contributed by atoms with E-state index in [0.29, 0.717) is 22.9 Å². The maximum Gasteiger partial charge on any atom is 0.416 e. The molecule has 7 nitrogen and oxygen atoms in total. The van der Waals surface area contributed by atoms with Gasteiger partial charge in [-0.15, -0.1) is 0 Å². The van der Waals surface area contributed by atoms with E-state index >= 15 is 0 Å². The third-order valence-corrected chi connectivity index (χ3v) is 7.99. The van der Waals surface area contributed by atoms with Gasteiger partial charge < -0.3 is 4.74 Å². The molecule has 204 valence electrons. The van der Waals surface area contributed by atoms with Gasteiger partial charge in [0.05, 0.1) is 59.1 Å². The maximum absolute atomic E-state index is 13.1. The van der Waals surface area contributed by atoms with E-state index in [1.165, 1.54) is 23.0 Å². The summed E-state index contributed by atoms with van der Waals surface area (Å²) in [5, 5.41) is 14.3. The van der Waals surface area contributed by atoms with E-state index in [1.807, 2.05) is 12.1 Å². The van der Waals surface area contributed by atoms with Gasteiger partial charge in [0.25, 0.3) is 0 Å². The Bertz CT molecular complexity index is 1360. The van der Waals surface area contributed by atoms with Crippen LogP contribution in [0.4, 0.5) is 13.2 Å². The number of hydrogen-bond acceptors (Lipinski definition) is 6. The molecular weight excluding hydrogens is 507 g/mol. The lowest BCUT2D eigenvalue weighted by Gasteiger charge is -2.41. The van der Waals surface area contributed by atoms with E-state index in [4.69, 9.17) is 4.74 Å². The van der Waals surface area contributed by atoms with Crippen LogP contribution in [0.25, 0.3) is 5.69 Å². The minimum Gasteiger partial charge on any atom is -0.379 e. The number of carbonyl (C=O) groups excluding carboxylic acids is 1. The lowest BCUT2D eigenvalue weighted by atomic mass is 9.71. The van der Waals surface area contributed by atoms with E-state index in [1.54, 1.807) is 13.1 Å². The van der Waals surface area contributed by atoms with E-state index in [9.17, 15) is 23.2 Å². The molecule has 0 atom stereocenters. The van der Waals surface area contributed by atoms with Crippen molar-refractivity contribution in [1.82, 2.24) is 19.7 Å². The van der Waals surface area contributed by atoms with Crippen molar-refractivity contribution in [2.24, 2.45) is 0 Å². The molecule has 5 rings (SSSR count). The van der Waals surface area contributed by atoms with Crippen molar-refractivity contribution in [2.75, 3.05) is 26.3 Å². The van der Waals surface area contributed by atoms with Gasteiger partial charge in [-0.1, -0.05) is 12.1 Å². The number of nitriles is 1. The minimum absolute atomic E-state index is 0.0705. The Kier molecular flexibility index (Phi) is 7.56. The second-order valence-electron chi connectivity index (χ2n) is 10.3. The second-order valence-corrected chi connectivity index (χ2v) is 10.3. The number of ether oxygens (including phenoxy) is 1. The number of Topliss-reactive ketones (excluding diaryl/α,β-unsaturated/α-hetero) is 1. The maximum atomic E-state index is 13.1. The quantitative estimate of drug-likeness (QED) is 0.409. The van der Waals surface area contributed by atoms with E-state index in [2.05, 4.69) is 21.1 Å². The Morgan fingerprint density at radius 2 is 1.90 bits per heavy atom. The summed E-state index contributed by atoms with van der Waals surface area (Å²) in [6.45, 7) is 5.04. The number of pyridine rings is 1. The largest absolute Gasteiger partial charge is 0.416 e. The number of rotatable bonds is 6. The standard InChI is InChI=1S/C29H30F3N5O2/c1-20-25(18-35-37(20)24-4-2-3-22(16-24)29(30,31)32)26(38)15-21-5-6-27(34-17-21)28(19-33)9-7-23(8-10-28)36-11-13-39-14-12-36/h2-6,16-18,23H,7-15H2,1H3. The van der Waals surface area contributed by atoms with Gasteiger partial charge in [0.1, 0.15) is 0 Å². The first-order valence-electron chi connectivity index (χ1n) is 13.1. The number of aromatic nitrogens is 3. The van der Waals surface area contributed by atoms with E-state index in [0.717, 1.165) is 69.8 Å². The van der Waals surface area contributed by atoms with E-state index in [-0.39, 0.29) is 17.9 Å². The fraction of sp³-hybridized carbons (Fsp3) is 0.448. The molecule has 0 N–H and O–H groups in total. The van der Waals surface area contributed by atoms with Crippen molar-refractivity contribution in [2.45, 2.75) is 56.7 Å². The molecule has 0 spiro atoms. The van der Waals surface area contributed by atoms with Crippen LogP contribution in [-0.2, 0) is 22.7 Å². The SMILES string of the molecule is Cc1c(C(=O)Cc2ccc(C3(C#N)CCC(N4CCOCC4)CC3)nc2)cnn1-c1cccc(C(F)(F)F)c1. The highest BCUT2D eigenvalue weighted by Gasteiger charge is 2.40. The molecule has 3 heterocycles.